The maximum atomic E-state index is 13.6. The molecule has 41 heavy (non-hydrogen) atoms. The Morgan fingerprint density at radius 2 is 1.83 bits per heavy atom. The zero-order valence-corrected chi connectivity index (χ0v) is 23.6. The van der Waals surface area contributed by atoms with Gasteiger partial charge in [-0.3, -0.25) is 4.79 Å². The summed E-state index contributed by atoms with van der Waals surface area (Å²) in [5.41, 5.74) is -3.22. The van der Waals surface area contributed by atoms with E-state index < -0.39 is 80.8 Å². The number of halogens is 7. The first-order valence-corrected chi connectivity index (χ1v) is 14.0. The maximum Gasteiger partial charge on any atom is 0.442 e. The average Bonchev–Trinajstić information content (AvgIpc) is 2.81. The smallest absolute Gasteiger partial charge is 0.442 e. The van der Waals surface area contributed by atoms with Crippen LogP contribution in [0.15, 0.2) is 39.9 Å². The second-order valence-corrected chi connectivity index (χ2v) is 12.5. The molecule has 1 N–H and O–H groups in total. The Balaban J connectivity index is 1.99. The van der Waals surface area contributed by atoms with Crippen molar-refractivity contribution in [3.05, 3.63) is 46.6 Å². The minimum Gasteiger partial charge on any atom is -0.442 e. The molecule has 1 aliphatic rings. The summed E-state index contributed by atoms with van der Waals surface area (Å²) in [6.45, 7) is 3.16. The fourth-order valence-electron chi connectivity index (χ4n) is 3.65. The number of benzene rings is 1. The first-order chi connectivity index (χ1) is 18.7. The summed E-state index contributed by atoms with van der Waals surface area (Å²) in [4.78, 5) is 30.2. The summed E-state index contributed by atoms with van der Waals surface area (Å²) in [5, 5.41) is 1.31. The number of pyridine rings is 1. The predicted molar refractivity (Wildman–Crippen MR) is 138 cm³/mol. The van der Waals surface area contributed by atoms with Crippen LogP contribution in [0, 0.1) is 0 Å². The van der Waals surface area contributed by atoms with Gasteiger partial charge in [0.2, 0.25) is 0 Å². The molecule has 0 saturated carbocycles. The molecular formula is C24H25ClF6N4O5S. The van der Waals surface area contributed by atoms with Crippen LogP contribution in [0.3, 0.4) is 0 Å². The summed E-state index contributed by atoms with van der Waals surface area (Å²) in [7, 11) is -3.47. The minimum absolute atomic E-state index is 0.0499. The fraction of sp³-hybridized carbons (Fsp3) is 0.458. The van der Waals surface area contributed by atoms with Gasteiger partial charge in [-0.15, -0.1) is 4.36 Å². The van der Waals surface area contributed by atoms with Crippen LogP contribution < -0.4 is 10.2 Å². The van der Waals surface area contributed by atoms with Gasteiger partial charge < -0.3 is 19.7 Å². The summed E-state index contributed by atoms with van der Waals surface area (Å²) >= 11 is 5.83. The predicted octanol–water partition coefficient (Wildman–Crippen LogP) is 6.17. The Kier molecular flexibility index (Phi) is 9.20. The largest absolute Gasteiger partial charge is 0.442 e. The topological polar surface area (TPSA) is 110 Å². The molecule has 0 bridgehead atoms. The molecule has 1 aromatic heterocycles. The van der Waals surface area contributed by atoms with Crippen molar-refractivity contribution in [1.29, 1.82) is 0 Å². The Labute approximate surface area is 236 Å². The van der Waals surface area contributed by atoms with E-state index in [9.17, 15) is 40.1 Å². The number of alkyl halides is 6. The third-order valence-corrected chi connectivity index (χ3v) is 7.24. The van der Waals surface area contributed by atoms with Crippen LogP contribution in [0.1, 0.15) is 36.7 Å². The van der Waals surface area contributed by atoms with E-state index in [2.05, 4.69) is 14.7 Å². The minimum atomic E-state index is -4.96. The quantitative estimate of drug-likeness (QED) is 0.403. The molecular weight excluding hydrogens is 606 g/mol. The number of aromatic nitrogens is 1. The van der Waals surface area contributed by atoms with Crippen molar-refractivity contribution in [1.82, 2.24) is 4.98 Å². The number of hydrogen-bond acceptors (Lipinski definition) is 7. The first kappa shape index (κ1) is 32.4. The highest BCUT2D eigenvalue weighted by Gasteiger charge is 2.44. The Morgan fingerprint density at radius 1 is 1.17 bits per heavy atom. The molecule has 2 heterocycles. The van der Waals surface area contributed by atoms with Gasteiger partial charge in [0.25, 0.3) is 5.91 Å². The second-order valence-electron chi connectivity index (χ2n) is 9.91. The number of ether oxygens (including phenoxy) is 2. The lowest BCUT2D eigenvalue weighted by molar-refractivity contribution is -0.221. The number of anilines is 2. The van der Waals surface area contributed by atoms with Gasteiger partial charge in [-0.2, -0.15) is 26.3 Å². The molecule has 1 saturated heterocycles. The van der Waals surface area contributed by atoms with Gasteiger partial charge in [0.15, 0.2) is 6.10 Å². The van der Waals surface area contributed by atoms with Crippen molar-refractivity contribution in [2.45, 2.75) is 49.9 Å². The molecule has 0 radical (unpaired) electrons. The van der Waals surface area contributed by atoms with E-state index in [1.54, 1.807) is 20.8 Å². The lowest BCUT2D eigenvalue weighted by atomic mass is 10.0. The number of amides is 2. The molecule has 17 heteroatoms. The number of nitrogens with zero attached hydrogens (tertiary/aromatic N) is 3. The molecule has 226 valence electrons. The van der Waals surface area contributed by atoms with Gasteiger partial charge >= 0.3 is 18.4 Å². The monoisotopic (exact) mass is 630 g/mol. The SMILES string of the molecule is CC(C)(C)OC(=O)N=[S@](C)(=O)c1cc(NC(=O)c2cc(Cl)c(C(F)(F)F)cc2N2CCOC(C(F)(F)F)C2)ccn1. The summed E-state index contributed by atoms with van der Waals surface area (Å²) in [6, 6.07) is 3.58. The molecule has 1 fully saturated rings. The lowest BCUT2D eigenvalue weighted by Crippen LogP contribution is -2.49. The summed E-state index contributed by atoms with van der Waals surface area (Å²) in [6.07, 6.45) is -10.9. The highest BCUT2D eigenvalue weighted by molar-refractivity contribution is 7.93. The van der Waals surface area contributed by atoms with Crippen LogP contribution in [0.2, 0.25) is 5.02 Å². The third kappa shape index (κ3) is 8.45. The van der Waals surface area contributed by atoms with E-state index in [0.717, 1.165) is 23.4 Å². The molecule has 2 amide bonds. The van der Waals surface area contributed by atoms with Crippen LogP contribution in [0.5, 0.6) is 0 Å². The molecule has 0 aliphatic carbocycles. The first-order valence-electron chi connectivity index (χ1n) is 11.7. The number of morpholine rings is 1. The second kappa shape index (κ2) is 11.6. The van der Waals surface area contributed by atoms with E-state index in [0.29, 0.717) is 12.1 Å². The van der Waals surface area contributed by atoms with Crippen LogP contribution in [-0.4, -0.2) is 65.0 Å². The van der Waals surface area contributed by atoms with Gasteiger partial charge in [0.05, 0.1) is 35.0 Å². The van der Waals surface area contributed by atoms with Crippen molar-refractivity contribution in [3.63, 3.8) is 0 Å². The molecule has 2 aromatic rings. The van der Waals surface area contributed by atoms with Crippen LogP contribution in [-0.2, 0) is 25.4 Å². The highest BCUT2D eigenvalue weighted by atomic mass is 35.5. The van der Waals surface area contributed by atoms with E-state index in [-0.39, 0.29) is 17.3 Å². The molecule has 3 rings (SSSR count). The molecule has 1 unspecified atom stereocenters. The van der Waals surface area contributed by atoms with E-state index >= 15 is 0 Å². The lowest BCUT2D eigenvalue weighted by Gasteiger charge is -2.36. The van der Waals surface area contributed by atoms with E-state index in [1.807, 2.05) is 0 Å². The van der Waals surface area contributed by atoms with Crippen LogP contribution >= 0.6 is 11.6 Å². The number of nitrogens with one attached hydrogen (secondary N) is 1. The molecule has 0 spiro atoms. The van der Waals surface area contributed by atoms with E-state index in [4.69, 9.17) is 21.1 Å². The number of hydrogen-bond donors (Lipinski definition) is 1. The maximum absolute atomic E-state index is 13.6. The molecule has 1 aromatic carbocycles. The molecule has 1 aliphatic heterocycles. The standard InChI is InChI=1S/C24H25ClF6N4O5S/c1-22(2,3)40-21(37)34-41(4,38)19-9-13(5-6-32-19)33-20(36)14-10-16(25)15(23(26,27)28)11-17(14)35-7-8-39-18(12-35)24(29,30)31/h5-6,9-11,18H,7-8,12H2,1-4H3,(H,32,33,36)/t18?,41-/m1/s1. The Morgan fingerprint density at radius 3 is 2.41 bits per heavy atom. The van der Waals surface area contributed by atoms with Gasteiger partial charge in [0, 0.05) is 24.7 Å². The van der Waals surface area contributed by atoms with E-state index in [1.165, 1.54) is 6.07 Å². The van der Waals surface area contributed by atoms with Gasteiger partial charge in [-0.1, -0.05) is 11.6 Å². The zero-order chi connectivity index (χ0) is 31.0. The zero-order valence-electron chi connectivity index (χ0n) is 22.0. The number of rotatable bonds is 4. The van der Waals surface area contributed by atoms with Crippen molar-refractivity contribution >= 4 is 44.7 Å². The highest BCUT2D eigenvalue weighted by Crippen LogP contribution is 2.40. The summed E-state index contributed by atoms with van der Waals surface area (Å²) < 4.78 is 107. The third-order valence-electron chi connectivity index (χ3n) is 5.43. The van der Waals surface area contributed by atoms with Crippen molar-refractivity contribution in [2.75, 3.05) is 36.2 Å². The number of carbonyl (C=O) groups excluding carboxylic acids is 2. The van der Waals surface area contributed by atoms with Gasteiger partial charge in [-0.25, -0.2) is 14.0 Å². The van der Waals surface area contributed by atoms with Gasteiger partial charge in [-0.05, 0) is 45.0 Å². The fourth-order valence-corrected chi connectivity index (χ4v) is 4.94. The van der Waals surface area contributed by atoms with Gasteiger partial charge in [0.1, 0.15) is 20.4 Å². The van der Waals surface area contributed by atoms with Crippen molar-refractivity contribution in [3.8, 4) is 0 Å². The Bertz CT molecular complexity index is 1450. The van der Waals surface area contributed by atoms with Crippen LogP contribution in [0.4, 0.5) is 42.5 Å². The average molecular weight is 631 g/mol. The molecule has 2 atom stereocenters. The normalized spacial score (nSPS) is 17.9. The van der Waals surface area contributed by atoms with Crippen molar-refractivity contribution < 1.29 is 49.6 Å². The van der Waals surface area contributed by atoms with Crippen LogP contribution in [0.25, 0.3) is 0 Å². The summed E-state index contributed by atoms with van der Waals surface area (Å²) in [5.74, 6) is -1.03. The van der Waals surface area contributed by atoms with Crippen molar-refractivity contribution in [2.24, 2.45) is 4.36 Å². The number of carbonyl (C=O) groups is 2. The molecule has 9 nitrogen and oxygen atoms in total. The Hall–Kier alpha value is -3.11.